The van der Waals surface area contributed by atoms with Gasteiger partial charge in [-0.25, -0.2) is 14.6 Å². The summed E-state index contributed by atoms with van der Waals surface area (Å²) < 4.78 is 82.9. The van der Waals surface area contributed by atoms with Crippen molar-refractivity contribution < 1.29 is 45.5 Å². The highest BCUT2D eigenvalue weighted by Crippen LogP contribution is 2.36. The van der Waals surface area contributed by atoms with Crippen molar-refractivity contribution in [1.82, 2.24) is 19.3 Å². The number of carbonyl (C=O) groups is 3. The van der Waals surface area contributed by atoms with Crippen molar-refractivity contribution in [2.45, 2.75) is 18.9 Å². The number of aromatic nitrogens is 4. The Labute approximate surface area is 208 Å². The Kier molecular flexibility index (Phi) is 7.35. The Hall–Kier alpha value is -4.32. The second-order valence-electron chi connectivity index (χ2n) is 7.14. The van der Waals surface area contributed by atoms with Crippen molar-refractivity contribution in [3.8, 4) is 23.6 Å². The van der Waals surface area contributed by atoms with Gasteiger partial charge in [-0.15, -0.1) is 6.42 Å². The lowest BCUT2D eigenvalue weighted by Gasteiger charge is -2.10. The molecule has 2 aromatic heterocycles. The topological polar surface area (TPSA) is 108 Å². The van der Waals surface area contributed by atoms with E-state index < -0.39 is 46.5 Å². The predicted molar refractivity (Wildman–Crippen MR) is 114 cm³/mol. The number of alkyl halides is 6. The van der Waals surface area contributed by atoms with E-state index in [1.807, 2.05) is 0 Å². The van der Waals surface area contributed by atoms with Gasteiger partial charge < -0.3 is 14.6 Å². The average molecular weight is 548 g/mol. The molecule has 2 heterocycles. The molecular weight excluding hydrogens is 536 g/mol. The van der Waals surface area contributed by atoms with Crippen LogP contribution in [0.5, 0.6) is 0 Å². The van der Waals surface area contributed by atoms with Crippen LogP contribution in [0, 0.1) is 12.3 Å². The summed E-state index contributed by atoms with van der Waals surface area (Å²) in [6, 6.07) is 2.93. The number of rotatable bonds is 5. The van der Waals surface area contributed by atoms with E-state index in [0.29, 0.717) is 0 Å². The summed E-state index contributed by atoms with van der Waals surface area (Å²) in [5.74, 6) is -3.49. The molecule has 0 spiro atoms. The molecule has 16 heteroatoms. The van der Waals surface area contributed by atoms with Gasteiger partial charge in [0.15, 0.2) is 11.5 Å². The molecule has 3 aromatic rings. The van der Waals surface area contributed by atoms with Gasteiger partial charge in [0.05, 0.1) is 28.0 Å². The Morgan fingerprint density at radius 1 is 1.19 bits per heavy atom. The molecule has 0 bridgehead atoms. The van der Waals surface area contributed by atoms with Crippen molar-refractivity contribution in [2.75, 3.05) is 5.32 Å². The van der Waals surface area contributed by atoms with Crippen molar-refractivity contribution in [3.05, 3.63) is 52.7 Å². The molecule has 0 aliphatic rings. The second-order valence-corrected chi connectivity index (χ2v) is 7.55. The SMILES string of the molecule is C#CCn1cc(-c2cnc(C(=O)Nc3ccc(C(=O)OC(=O)C(F)(F)F)c(Cl)c3)n2C)c(C(F)(F)F)n1. The van der Waals surface area contributed by atoms with Crippen LogP contribution in [0.15, 0.2) is 30.6 Å². The summed E-state index contributed by atoms with van der Waals surface area (Å²) in [5.41, 5.74) is -2.38. The molecule has 0 fully saturated rings. The number of halogens is 7. The van der Waals surface area contributed by atoms with E-state index in [9.17, 15) is 40.7 Å². The number of hydrogen-bond donors (Lipinski definition) is 1. The fourth-order valence-electron chi connectivity index (χ4n) is 3.01. The van der Waals surface area contributed by atoms with Crippen molar-refractivity contribution in [1.29, 1.82) is 0 Å². The van der Waals surface area contributed by atoms with Gasteiger partial charge in [0.1, 0.15) is 6.54 Å². The number of nitrogens with one attached hydrogen (secondary N) is 1. The fraction of sp³-hybridized carbons (Fsp3) is 0.190. The van der Waals surface area contributed by atoms with Crippen LogP contribution in [-0.4, -0.2) is 43.4 Å². The summed E-state index contributed by atoms with van der Waals surface area (Å²) in [6.45, 7) is -0.233. The maximum absolute atomic E-state index is 13.5. The zero-order valence-corrected chi connectivity index (χ0v) is 19.0. The van der Waals surface area contributed by atoms with E-state index in [2.05, 4.69) is 26.1 Å². The zero-order valence-electron chi connectivity index (χ0n) is 18.2. The number of hydrogen-bond acceptors (Lipinski definition) is 6. The maximum atomic E-state index is 13.5. The molecule has 0 saturated heterocycles. The molecule has 0 radical (unpaired) electrons. The molecule has 9 nitrogen and oxygen atoms in total. The molecule has 1 aromatic carbocycles. The lowest BCUT2D eigenvalue weighted by molar-refractivity contribution is -0.193. The van der Waals surface area contributed by atoms with Gasteiger partial charge in [0.2, 0.25) is 0 Å². The van der Waals surface area contributed by atoms with Crippen LogP contribution in [0.4, 0.5) is 32.0 Å². The molecular formula is C21H12ClF6N5O4. The Bertz CT molecular complexity index is 1430. The number of esters is 2. The first-order chi connectivity index (χ1) is 17.1. The largest absolute Gasteiger partial charge is 0.491 e. The minimum absolute atomic E-state index is 0.0592. The number of amides is 1. The minimum atomic E-state index is -5.40. The van der Waals surface area contributed by atoms with E-state index in [0.717, 1.165) is 39.8 Å². The number of nitrogens with zero attached hydrogens (tertiary/aromatic N) is 4. The molecule has 37 heavy (non-hydrogen) atoms. The van der Waals surface area contributed by atoms with E-state index in [1.165, 1.54) is 7.05 Å². The van der Waals surface area contributed by atoms with E-state index in [4.69, 9.17) is 18.0 Å². The molecule has 3 rings (SSSR count). The van der Waals surface area contributed by atoms with Gasteiger partial charge in [-0.3, -0.25) is 9.48 Å². The quantitative estimate of drug-likeness (QED) is 0.223. The van der Waals surface area contributed by atoms with Crippen LogP contribution in [0.1, 0.15) is 26.7 Å². The standard InChI is InChI=1S/C21H12ClF6N5O4/c1-3-6-33-9-12(15(31-33)20(23,24)25)14-8-29-16(32(14)2)17(34)30-10-4-5-11(13(22)7-10)18(35)37-19(36)21(26,27)28/h1,4-5,7-9H,6H2,2H3,(H,30,34). The van der Waals surface area contributed by atoms with Crippen LogP contribution >= 0.6 is 11.6 Å². The molecule has 0 unspecified atom stereocenters. The van der Waals surface area contributed by atoms with Crippen LogP contribution < -0.4 is 5.32 Å². The highest BCUT2D eigenvalue weighted by Gasteiger charge is 2.43. The third-order valence-corrected chi connectivity index (χ3v) is 4.93. The number of carbonyl (C=O) groups excluding carboxylic acids is 3. The van der Waals surface area contributed by atoms with Gasteiger partial charge in [-0.2, -0.15) is 31.4 Å². The van der Waals surface area contributed by atoms with Gasteiger partial charge >= 0.3 is 24.3 Å². The number of imidazole rings is 1. The van der Waals surface area contributed by atoms with E-state index >= 15 is 0 Å². The van der Waals surface area contributed by atoms with Crippen molar-refractivity contribution >= 4 is 35.1 Å². The predicted octanol–water partition coefficient (Wildman–Crippen LogP) is 4.09. The van der Waals surface area contributed by atoms with Crippen LogP contribution in [0.25, 0.3) is 11.3 Å². The Morgan fingerprint density at radius 2 is 1.86 bits per heavy atom. The number of terminal acetylenes is 1. The Morgan fingerprint density at radius 3 is 2.43 bits per heavy atom. The monoisotopic (exact) mass is 547 g/mol. The zero-order chi connectivity index (χ0) is 27.7. The second kappa shape index (κ2) is 9.97. The molecule has 1 N–H and O–H groups in total. The lowest BCUT2D eigenvalue weighted by Crippen LogP contribution is -2.28. The average Bonchev–Trinajstić information content (AvgIpc) is 3.36. The number of anilines is 1. The summed E-state index contributed by atoms with van der Waals surface area (Å²) in [7, 11) is 1.28. The molecule has 0 atom stereocenters. The maximum Gasteiger partial charge on any atom is 0.491 e. The van der Waals surface area contributed by atoms with Crippen LogP contribution in [0.2, 0.25) is 5.02 Å². The minimum Gasteiger partial charge on any atom is -0.383 e. The summed E-state index contributed by atoms with van der Waals surface area (Å²) in [4.78, 5) is 39.1. The first-order valence-corrected chi connectivity index (χ1v) is 10.1. The normalized spacial score (nSPS) is 11.6. The molecule has 1 amide bonds. The number of ether oxygens (including phenoxy) is 1. The van der Waals surface area contributed by atoms with E-state index in [1.54, 1.807) is 0 Å². The van der Waals surface area contributed by atoms with Gasteiger partial charge in [0.25, 0.3) is 5.91 Å². The smallest absolute Gasteiger partial charge is 0.383 e. The summed E-state index contributed by atoms with van der Waals surface area (Å²) in [6.07, 6.45) is -3.02. The van der Waals surface area contributed by atoms with Gasteiger partial charge in [-0.05, 0) is 18.2 Å². The molecule has 0 aliphatic heterocycles. The summed E-state index contributed by atoms with van der Waals surface area (Å²) in [5, 5.41) is 5.31. The first-order valence-electron chi connectivity index (χ1n) is 9.68. The highest BCUT2D eigenvalue weighted by atomic mass is 35.5. The van der Waals surface area contributed by atoms with E-state index in [-0.39, 0.29) is 29.3 Å². The summed E-state index contributed by atoms with van der Waals surface area (Å²) >= 11 is 5.86. The fourth-order valence-corrected chi connectivity index (χ4v) is 3.26. The number of benzene rings is 1. The lowest BCUT2D eigenvalue weighted by atomic mass is 10.2. The molecule has 194 valence electrons. The highest BCUT2D eigenvalue weighted by molar-refractivity contribution is 6.34. The third kappa shape index (κ3) is 5.92. The first kappa shape index (κ1) is 27.3. The molecule has 0 saturated carbocycles. The van der Waals surface area contributed by atoms with Crippen LogP contribution in [-0.2, 0) is 29.3 Å². The van der Waals surface area contributed by atoms with Crippen molar-refractivity contribution in [3.63, 3.8) is 0 Å². The van der Waals surface area contributed by atoms with Gasteiger partial charge in [-0.1, -0.05) is 17.5 Å². The van der Waals surface area contributed by atoms with Crippen LogP contribution in [0.3, 0.4) is 0 Å². The van der Waals surface area contributed by atoms with Crippen molar-refractivity contribution in [2.24, 2.45) is 7.05 Å². The van der Waals surface area contributed by atoms with Gasteiger partial charge in [0, 0.05) is 18.9 Å². The molecule has 0 aliphatic carbocycles. The third-order valence-electron chi connectivity index (χ3n) is 4.61. The Balaban J connectivity index is 1.83.